The van der Waals surface area contributed by atoms with E-state index >= 15 is 0 Å². The Balaban J connectivity index is 2.35. The van der Waals surface area contributed by atoms with Gasteiger partial charge < -0.3 is 9.84 Å². The maximum absolute atomic E-state index is 11.8. The topological polar surface area (TPSA) is 46.5 Å². The summed E-state index contributed by atoms with van der Waals surface area (Å²) < 4.78 is 5.19. The van der Waals surface area contributed by atoms with Gasteiger partial charge in [0, 0.05) is 6.61 Å². The summed E-state index contributed by atoms with van der Waals surface area (Å²) in [7, 11) is 0. The first-order valence-electron chi connectivity index (χ1n) is 6.35. The molecule has 0 aromatic carbocycles. The molecular weight excluding hydrogens is 216 g/mol. The predicted octanol–water partition coefficient (Wildman–Crippen LogP) is 2.46. The van der Waals surface area contributed by atoms with Crippen LogP contribution in [0, 0.1) is 11.8 Å². The first-order valence-corrected chi connectivity index (χ1v) is 6.35. The maximum Gasteiger partial charge on any atom is 0.309 e. The zero-order chi connectivity index (χ0) is 12.5. The van der Waals surface area contributed by atoms with Crippen molar-refractivity contribution >= 4 is 5.97 Å². The monoisotopic (exact) mass is 238 g/mol. The third-order valence-corrected chi connectivity index (χ3v) is 3.21. The van der Waals surface area contributed by atoms with Crippen molar-refractivity contribution < 1.29 is 14.6 Å². The summed E-state index contributed by atoms with van der Waals surface area (Å²) in [5.74, 6) is -0.173. The van der Waals surface area contributed by atoms with Crippen molar-refractivity contribution in [2.24, 2.45) is 11.8 Å². The van der Waals surface area contributed by atoms with Gasteiger partial charge in [-0.1, -0.05) is 31.1 Å². The van der Waals surface area contributed by atoms with Crippen LogP contribution in [0.4, 0.5) is 0 Å². The zero-order valence-electron chi connectivity index (χ0n) is 10.5. The van der Waals surface area contributed by atoms with Crippen LogP contribution < -0.4 is 0 Å². The highest BCUT2D eigenvalue weighted by Crippen LogP contribution is 2.30. The summed E-state index contributed by atoms with van der Waals surface area (Å²) >= 11 is 0. The summed E-state index contributed by atoms with van der Waals surface area (Å²) in [6, 6.07) is 0. The van der Waals surface area contributed by atoms with E-state index in [-0.39, 0.29) is 24.4 Å². The second-order valence-electron chi connectivity index (χ2n) is 4.42. The van der Waals surface area contributed by atoms with Crippen LogP contribution in [0.2, 0.25) is 0 Å². The first-order chi connectivity index (χ1) is 8.29. The SMILES string of the molecule is C/C=C/C=C/COC(=O)[C@H]1CCCC[C@@H]1CO. The van der Waals surface area contributed by atoms with E-state index in [0.29, 0.717) is 6.61 Å². The molecule has 0 heterocycles. The summed E-state index contributed by atoms with van der Waals surface area (Å²) in [5, 5.41) is 9.22. The van der Waals surface area contributed by atoms with Crippen LogP contribution in [0.3, 0.4) is 0 Å². The minimum absolute atomic E-state index is 0.0914. The molecule has 0 spiro atoms. The number of esters is 1. The molecular formula is C14H22O3. The molecule has 1 rings (SSSR count). The zero-order valence-corrected chi connectivity index (χ0v) is 10.5. The second kappa shape index (κ2) is 8.07. The molecule has 0 aliphatic heterocycles. The van der Waals surface area contributed by atoms with Crippen molar-refractivity contribution in [3.05, 3.63) is 24.3 Å². The van der Waals surface area contributed by atoms with Crippen LogP contribution in [0.5, 0.6) is 0 Å². The van der Waals surface area contributed by atoms with Gasteiger partial charge in [-0.3, -0.25) is 4.79 Å². The highest BCUT2D eigenvalue weighted by molar-refractivity contribution is 5.73. The number of ether oxygens (including phenoxy) is 1. The molecule has 0 unspecified atom stereocenters. The predicted molar refractivity (Wildman–Crippen MR) is 67.4 cm³/mol. The van der Waals surface area contributed by atoms with Gasteiger partial charge in [0.2, 0.25) is 0 Å². The number of aliphatic hydroxyl groups is 1. The number of rotatable bonds is 5. The largest absolute Gasteiger partial charge is 0.461 e. The number of allylic oxidation sites excluding steroid dienone is 3. The van der Waals surface area contributed by atoms with Crippen LogP contribution in [0.15, 0.2) is 24.3 Å². The fourth-order valence-electron chi connectivity index (χ4n) is 2.22. The summed E-state index contributed by atoms with van der Waals surface area (Å²) in [5.41, 5.74) is 0. The van der Waals surface area contributed by atoms with Crippen LogP contribution in [-0.4, -0.2) is 24.3 Å². The van der Waals surface area contributed by atoms with Gasteiger partial charge in [0.1, 0.15) is 6.61 Å². The van der Waals surface area contributed by atoms with Gasteiger partial charge in [-0.05, 0) is 31.8 Å². The third-order valence-electron chi connectivity index (χ3n) is 3.21. The molecule has 3 nitrogen and oxygen atoms in total. The molecule has 1 fully saturated rings. The Morgan fingerprint density at radius 3 is 2.82 bits per heavy atom. The summed E-state index contributed by atoms with van der Waals surface area (Å²) in [6.07, 6.45) is 11.4. The standard InChI is InChI=1S/C14H22O3/c1-2-3-4-7-10-17-14(16)13-9-6-5-8-12(13)11-15/h2-4,7,12-13,15H,5-6,8-11H2,1H3/b3-2+,7-4+/t12-,13+/m1/s1. The molecule has 0 aromatic rings. The molecule has 0 saturated heterocycles. The van der Waals surface area contributed by atoms with Crippen LogP contribution in [-0.2, 0) is 9.53 Å². The maximum atomic E-state index is 11.8. The Morgan fingerprint density at radius 1 is 1.35 bits per heavy atom. The highest BCUT2D eigenvalue weighted by atomic mass is 16.5. The average Bonchev–Trinajstić information content (AvgIpc) is 2.38. The molecule has 3 heteroatoms. The van der Waals surface area contributed by atoms with Gasteiger partial charge in [-0.25, -0.2) is 0 Å². The second-order valence-corrected chi connectivity index (χ2v) is 4.42. The molecule has 17 heavy (non-hydrogen) atoms. The van der Waals surface area contributed by atoms with E-state index in [1.165, 1.54) is 0 Å². The normalized spacial score (nSPS) is 25.5. The Morgan fingerprint density at radius 2 is 2.12 bits per heavy atom. The van der Waals surface area contributed by atoms with E-state index in [9.17, 15) is 9.90 Å². The Kier molecular flexibility index (Phi) is 6.63. The van der Waals surface area contributed by atoms with Crippen LogP contribution in [0.1, 0.15) is 32.6 Å². The molecule has 1 aliphatic rings. The lowest BCUT2D eigenvalue weighted by Gasteiger charge is -2.28. The minimum Gasteiger partial charge on any atom is -0.461 e. The number of hydrogen-bond acceptors (Lipinski definition) is 3. The fraction of sp³-hybridized carbons (Fsp3) is 0.643. The van der Waals surface area contributed by atoms with Gasteiger partial charge in [0.25, 0.3) is 0 Å². The molecule has 2 atom stereocenters. The summed E-state index contributed by atoms with van der Waals surface area (Å²) in [6.45, 7) is 2.34. The van der Waals surface area contributed by atoms with E-state index in [1.54, 1.807) is 0 Å². The summed E-state index contributed by atoms with van der Waals surface area (Å²) in [4.78, 5) is 11.8. The molecule has 1 aliphatic carbocycles. The van der Waals surface area contributed by atoms with Crippen molar-refractivity contribution in [2.75, 3.05) is 13.2 Å². The highest BCUT2D eigenvalue weighted by Gasteiger charge is 2.31. The Labute approximate surface area is 103 Å². The third kappa shape index (κ3) is 4.73. The van der Waals surface area contributed by atoms with E-state index in [0.717, 1.165) is 25.7 Å². The first kappa shape index (κ1) is 14.0. The smallest absolute Gasteiger partial charge is 0.309 e. The molecule has 0 radical (unpaired) electrons. The van der Waals surface area contributed by atoms with Gasteiger partial charge in [-0.2, -0.15) is 0 Å². The van der Waals surface area contributed by atoms with Gasteiger partial charge in [0.15, 0.2) is 0 Å². The lowest BCUT2D eigenvalue weighted by molar-refractivity contribution is -0.151. The van der Waals surface area contributed by atoms with E-state index in [2.05, 4.69) is 0 Å². The quantitative estimate of drug-likeness (QED) is 0.591. The molecule has 0 bridgehead atoms. The lowest BCUT2D eigenvalue weighted by atomic mass is 9.80. The van der Waals surface area contributed by atoms with Gasteiger partial charge >= 0.3 is 5.97 Å². The lowest BCUT2D eigenvalue weighted by Crippen LogP contribution is -2.31. The van der Waals surface area contributed by atoms with Crippen LogP contribution in [0.25, 0.3) is 0 Å². The van der Waals surface area contributed by atoms with Gasteiger partial charge in [0.05, 0.1) is 5.92 Å². The van der Waals surface area contributed by atoms with E-state index in [1.807, 2.05) is 31.2 Å². The molecule has 96 valence electrons. The van der Waals surface area contributed by atoms with Crippen molar-refractivity contribution in [1.29, 1.82) is 0 Å². The molecule has 0 aromatic heterocycles. The minimum atomic E-state index is -0.158. The van der Waals surface area contributed by atoms with Crippen molar-refractivity contribution in [1.82, 2.24) is 0 Å². The van der Waals surface area contributed by atoms with Gasteiger partial charge in [-0.15, -0.1) is 0 Å². The van der Waals surface area contributed by atoms with Crippen molar-refractivity contribution in [3.8, 4) is 0 Å². The van der Waals surface area contributed by atoms with Crippen LogP contribution >= 0.6 is 0 Å². The number of carbonyl (C=O) groups excluding carboxylic acids is 1. The Hall–Kier alpha value is -1.09. The number of carbonyl (C=O) groups is 1. The van der Waals surface area contributed by atoms with E-state index < -0.39 is 0 Å². The Bertz CT molecular complexity index is 281. The molecule has 1 N–H and O–H groups in total. The fourth-order valence-corrected chi connectivity index (χ4v) is 2.22. The number of hydrogen-bond donors (Lipinski definition) is 1. The number of aliphatic hydroxyl groups excluding tert-OH is 1. The van der Waals surface area contributed by atoms with E-state index in [4.69, 9.17) is 4.74 Å². The molecule has 0 amide bonds. The average molecular weight is 238 g/mol. The molecule has 1 saturated carbocycles. The van der Waals surface area contributed by atoms with Crippen molar-refractivity contribution in [3.63, 3.8) is 0 Å². The van der Waals surface area contributed by atoms with Crippen molar-refractivity contribution in [2.45, 2.75) is 32.6 Å².